The summed E-state index contributed by atoms with van der Waals surface area (Å²) < 4.78 is 8.22. The van der Waals surface area contributed by atoms with Crippen molar-refractivity contribution in [1.29, 1.82) is 0 Å². The molecule has 1 aliphatic carbocycles. The Kier molecular flexibility index (Phi) is 18.6. The number of Topliss-reactive ketones (excluding diaryl/α,β-unsaturated/α-hetero) is 1. The van der Waals surface area contributed by atoms with Gasteiger partial charge in [0.15, 0.2) is 0 Å². The summed E-state index contributed by atoms with van der Waals surface area (Å²) in [5.74, 6) is 1.76. The van der Waals surface area contributed by atoms with Crippen molar-refractivity contribution < 1.29 is 23.9 Å². The SMILES string of the molecule is CC(C)=O.CC1CC(C)C1.COC(C)=O.COC(C)=O. The second kappa shape index (κ2) is 15.7. The van der Waals surface area contributed by atoms with E-state index in [0.717, 1.165) is 11.8 Å². The van der Waals surface area contributed by atoms with Crippen LogP contribution >= 0.6 is 0 Å². The number of hydrogen-bond acceptors (Lipinski definition) is 5. The highest BCUT2D eigenvalue weighted by Crippen LogP contribution is 2.31. The quantitative estimate of drug-likeness (QED) is 0.641. The van der Waals surface area contributed by atoms with E-state index in [1.54, 1.807) is 0 Å². The number of carbonyl (C=O) groups excluding carboxylic acids is 3. The minimum absolute atomic E-state index is 0.167. The summed E-state index contributed by atoms with van der Waals surface area (Å²) in [6.45, 7) is 10.4. The molecule has 20 heavy (non-hydrogen) atoms. The molecular weight excluding hydrogens is 260 g/mol. The number of esters is 2. The zero-order valence-corrected chi connectivity index (χ0v) is 14.1. The summed E-state index contributed by atoms with van der Waals surface area (Å²) in [4.78, 5) is 28.6. The van der Waals surface area contributed by atoms with Gasteiger partial charge in [-0.05, 0) is 38.5 Å². The van der Waals surface area contributed by atoms with Crippen molar-refractivity contribution in [1.82, 2.24) is 0 Å². The smallest absolute Gasteiger partial charge is 0.302 e. The Labute approximate surface area is 123 Å². The number of methoxy groups -OCH3 is 2. The molecule has 0 bridgehead atoms. The largest absolute Gasteiger partial charge is 0.469 e. The van der Waals surface area contributed by atoms with Crippen LogP contribution in [0.5, 0.6) is 0 Å². The van der Waals surface area contributed by atoms with Gasteiger partial charge in [0.25, 0.3) is 0 Å². The summed E-state index contributed by atoms with van der Waals surface area (Å²) >= 11 is 0. The zero-order valence-electron chi connectivity index (χ0n) is 14.1. The first-order valence-corrected chi connectivity index (χ1v) is 6.62. The van der Waals surface area contributed by atoms with Crippen molar-refractivity contribution in [3.05, 3.63) is 0 Å². The molecule has 0 atom stereocenters. The third-order valence-corrected chi connectivity index (χ3v) is 2.18. The highest BCUT2D eigenvalue weighted by atomic mass is 16.5. The molecule has 1 fully saturated rings. The zero-order chi connectivity index (χ0) is 16.7. The lowest BCUT2D eigenvalue weighted by Gasteiger charge is -2.28. The Morgan fingerprint density at radius 1 is 0.750 bits per heavy atom. The molecule has 0 heterocycles. The third-order valence-electron chi connectivity index (χ3n) is 2.18. The van der Waals surface area contributed by atoms with Crippen molar-refractivity contribution in [2.45, 2.75) is 54.4 Å². The van der Waals surface area contributed by atoms with Crippen LogP contribution in [0.4, 0.5) is 0 Å². The fourth-order valence-corrected chi connectivity index (χ4v) is 1.30. The predicted octanol–water partition coefficient (Wildman–Crippen LogP) is 3.01. The molecule has 0 N–H and O–H groups in total. The molecule has 1 rings (SSSR count). The van der Waals surface area contributed by atoms with E-state index in [2.05, 4.69) is 23.3 Å². The molecule has 1 aliphatic rings. The Hall–Kier alpha value is -1.39. The van der Waals surface area contributed by atoms with Gasteiger partial charge in [0.1, 0.15) is 5.78 Å². The summed E-state index contributed by atoms with van der Waals surface area (Å²) in [6.07, 6.45) is 2.94. The molecule has 0 amide bonds. The van der Waals surface area contributed by atoms with E-state index < -0.39 is 0 Å². The normalized spacial score (nSPS) is 18.2. The van der Waals surface area contributed by atoms with E-state index in [9.17, 15) is 14.4 Å². The van der Waals surface area contributed by atoms with Crippen LogP contribution < -0.4 is 0 Å². The number of ketones is 1. The van der Waals surface area contributed by atoms with Crippen molar-refractivity contribution >= 4 is 17.7 Å². The van der Waals surface area contributed by atoms with Crippen molar-refractivity contribution in [3.8, 4) is 0 Å². The lowest BCUT2D eigenvalue weighted by atomic mass is 9.78. The lowest BCUT2D eigenvalue weighted by Crippen LogP contribution is -2.16. The minimum Gasteiger partial charge on any atom is -0.469 e. The highest BCUT2D eigenvalue weighted by molar-refractivity contribution is 5.72. The van der Waals surface area contributed by atoms with Gasteiger partial charge >= 0.3 is 11.9 Å². The van der Waals surface area contributed by atoms with Gasteiger partial charge in [-0.3, -0.25) is 9.59 Å². The topological polar surface area (TPSA) is 69.7 Å². The van der Waals surface area contributed by atoms with E-state index in [0.29, 0.717) is 0 Å². The van der Waals surface area contributed by atoms with Crippen LogP contribution in [0.1, 0.15) is 54.4 Å². The Morgan fingerprint density at radius 2 is 0.900 bits per heavy atom. The molecule has 0 aromatic rings. The van der Waals surface area contributed by atoms with E-state index in [1.807, 2.05) is 0 Å². The Balaban J connectivity index is -0.000000195. The van der Waals surface area contributed by atoms with Crippen LogP contribution in [0, 0.1) is 11.8 Å². The van der Waals surface area contributed by atoms with Crippen LogP contribution in [0.25, 0.3) is 0 Å². The second-order valence-electron chi connectivity index (χ2n) is 4.98. The number of hydrogen-bond donors (Lipinski definition) is 0. The molecule has 0 aliphatic heterocycles. The van der Waals surface area contributed by atoms with Crippen molar-refractivity contribution in [3.63, 3.8) is 0 Å². The van der Waals surface area contributed by atoms with Crippen LogP contribution in [-0.4, -0.2) is 31.9 Å². The molecule has 120 valence electrons. The first-order valence-electron chi connectivity index (χ1n) is 6.62. The third kappa shape index (κ3) is 36.0. The van der Waals surface area contributed by atoms with Gasteiger partial charge in [-0.2, -0.15) is 0 Å². The average molecular weight is 290 g/mol. The van der Waals surface area contributed by atoms with E-state index >= 15 is 0 Å². The highest BCUT2D eigenvalue weighted by Gasteiger charge is 2.19. The average Bonchev–Trinajstić information content (AvgIpc) is 2.28. The predicted molar refractivity (Wildman–Crippen MR) is 79.3 cm³/mol. The lowest BCUT2D eigenvalue weighted by molar-refractivity contribution is -0.138. The van der Waals surface area contributed by atoms with Crippen molar-refractivity contribution in [2.75, 3.05) is 14.2 Å². The van der Waals surface area contributed by atoms with E-state index in [-0.39, 0.29) is 17.7 Å². The van der Waals surface area contributed by atoms with Gasteiger partial charge < -0.3 is 14.3 Å². The molecule has 0 saturated heterocycles. The molecule has 5 heteroatoms. The van der Waals surface area contributed by atoms with E-state index in [4.69, 9.17) is 0 Å². The number of rotatable bonds is 0. The maximum absolute atomic E-state index is 9.59. The fourth-order valence-electron chi connectivity index (χ4n) is 1.30. The fraction of sp³-hybridized carbons (Fsp3) is 0.800. The summed E-state index contributed by atoms with van der Waals surface area (Å²) in [5, 5.41) is 0. The molecule has 0 aromatic heterocycles. The van der Waals surface area contributed by atoms with E-state index in [1.165, 1.54) is 54.8 Å². The van der Waals surface area contributed by atoms with Gasteiger partial charge in [0.2, 0.25) is 0 Å². The number of ether oxygens (including phenoxy) is 2. The van der Waals surface area contributed by atoms with Crippen LogP contribution in [0.3, 0.4) is 0 Å². The maximum atomic E-state index is 9.59. The van der Waals surface area contributed by atoms with Gasteiger partial charge in [0.05, 0.1) is 14.2 Å². The van der Waals surface area contributed by atoms with Gasteiger partial charge in [-0.25, -0.2) is 0 Å². The van der Waals surface area contributed by atoms with Crippen molar-refractivity contribution in [2.24, 2.45) is 11.8 Å². The van der Waals surface area contributed by atoms with Gasteiger partial charge in [-0.15, -0.1) is 0 Å². The molecular formula is C15H30O5. The summed E-state index contributed by atoms with van der Waals surface area (Å²) in [5.41, 5.74) is 0. The van der Waals surface area contributed by atoms with Crippen LogP contribution in [-0.2, 0) is 23.9 Å². The Bertz CT molecular complexity index is 243. The molecule has 0 aromatic carbocycles. The first-order chi connectivity index (χ1) is 9.06. The molecule has 5 nitrogen and oxygen atoms in total. The maximum Gasteiger partial charge on any atom is 0.302 e. The number of carbonyl (C=O) groups is 3. The monoisotopic (exact) mass is 290 g/mol. The van der Waals surface area contributed by atoms with Gasteiger partial charge in [0, 0.05) is 13.8 Å². The molecule has 0 unspecified atom stereocenters. The molecule has 1 saturated carbocycles. The van der Waals surface area contributed by atoms with Gasteiger partial charge in [-0.1, -0.05) is 13.8 Å². The first kappa shape index (κ1) is 23.7. The molecule has 0 radical (unpaired) electrons. The molecule has 0 spiro atoms. The standard InChI is InChI=1S/C6H12.2C3H6O2.C3H6O/c1-5-3-6(2)4-5;2*1-3(4)5-2;1-3(2)4/h5-6H,3-4H2,1-2H3;2*1-2H3;1-2H3. The van der Waals surface area contributed by atoms with Crippen LogP contribution in [0.15, 0.2) is 0 Å². The summed E-state index contributed by atoms with van der Waals surface area (Å²) in [7, 11) is 2.70. The summed E-state index contributed by atoms with van der Waals surface area (Å²) in [6, 6.07) is 0. The Morgan fingerprint density at radius 3 is 0.900 bits per heavy atom. The second-order valence-corrected chi connectivity index (χ2v) is 4.98. The van der Waals surface area contributed by atoms with Crippen LogP contribution in [0.2, 0.25) is 0 Å². The minimum atomic E-state index is -0.245.